The summed E-state index contributed by atoms with van der Waals surface area (Å²) < 4.78 is 10.1. The lowest BCUT2D eigenvalue weighted by Crippen LogP contribution is -2.41. The van der Waals surface area contributed by atoms with E-state index in [-0.39, 0.29) is 18.5 Å². The standard InChI is InChI=1S/C7H13NO4.ClH/c1-11-4-3-8-5(7(9)10)6(4)12-2;/h4-6,8H,3H2,1-2H3,(H,9,10);1H/t4-,5-,6-;/m1./s1. The second-order valence-corrected chi connectivity index (χ2v) is 2.70. The van der Waals surface area contributed by atoms with E-state index in [4.69, 9.17) is 14.6 Å². The third kappa shape index (κ3) is 2.54. The Labute approximate surface area is 82.8 Å². The molecule has 1 fully saturated rings. The SMILES string of the molecule is CO[C@@H]1[C@H](OC)CN[C@H]1C(=O)O.Cl. The van der Waals surface area contributed by atoms with Crippen molar-refractivity contribution >= 4 is 18.4 Å². The number of carboxylic acid groups (broad SMARTS) is 1. The largest absolute Gasteiger partial charge is 0.480 e. The van der Waals surface area contributed by atoms with Gasteiger partial charge in [0, 0.05) is 20.8 Å². The molecule has 0 bridgehead atoms. The first-order valence-corrected chi connectivity index (χ1v) is 3.72. The molecule has 0 aliphatic carbocycles. The number of aliphatic carboxylic acids is 1. The second-order valence-electron chi connectivity index (χ2n) is 2.70. The molecule has 6 heteroatoms. The van der Waals surface area contributed by atoms with Gasteiger partial charge in [0.1, 0.15) is 12.1 Å². The Balaban J connectivity index is 0.00000144. The summed E-state index contributed by atoms with van der Waals surface area (Å²) in [4.78, 5) is 10.6. The van der Waals surface area contributed by atoms with E-state index in [1.54, 1.807) is 7.11 Å². The molecule has 1 aliphatic rings. The minimum atomic E-state index is -0.901. The fraction of sp³-hybridized carbons (Fsp3) is 0.857. The molecular formula is C7H14ClNO4. The first-order valence-electron chi connectivity index (χ1n) is 3.72. The number of rotatable bonds is 3. The molecule has 0 spiro atoms. The average Bonchev–Trinajstić information content (AvgIpc) is 2.46. The summed E-state index contributed by atoms with van der Waals surface area (Å²) in [6.07, 6.45) is -0.566. The fourth-order valence-corrected chi connectivity index (χ4v) is 1.42. The Kier molecular flexibility index (Phi) is 5.24. The predicted molar refractivity (Wildman–Crippen MR) is 48.3 cm³/mol. The van der Waals surface area contributed by atoms with Gasteiger partial charge in [-0.2, -0.15) is 0 Å². The van der Waals surface area contributed by atoms with Gasteiger partial charge in [0.05, 0.1) is 6.10 Å². The second kappa shape index (κ2) is 5.39. The van der Waals surface area contributed by atoms with E-state index in [2.05, 4.69) is 5.32 Å². The minimum Gasteiger partial charge on any atom is -0.480 e. The zero-order chi connectivity index (χ0) is 9.14. The van der Waals surface area contributed by atoms with Crippen LogP contribution in [0.2, 0.25) is 0 Å². The Bertz CT molecular complexity index is 178. The summed E-state index contributed by atoms with van der Waals surface area (Å²) in [5.74, 6) is -0.901. The maximum Gasteiger partial charge on any atom is 0.323 e. The van der Waals surface area contributed by atoms with Gasteiger partial charge in [-0.3, -0.25) is 10.1 Å². The van der Waals surface area contributed by atoms with E-state index in [0.717, 1.165) is 0 Å². The van der Waals surface area contributed by atoms with Crippen molar-refractivity contribution in [1.82, 2.24) is 5.32 Å². The number of carboxylic acids is 1. The van der Waals surface area contributed by atoms with Gasteiger partial charge in [-0.1, -0.05) is 0 Å². The van der Waals surface area contributed by atoms with Gasteiger partial charge in [-0.15, -0.1) is 12.4 Å². The molecule has 2 N–H and O–H groups in total. The van der Waals surface area contributed by atoms with Crippen LogP contribution in [0, 0.1) is 0 Å². The molecule has 13 heavy (non-hydrogen) atoms. The van der Waals surface area contributed by atoms with E-state index in [9.17, 15) is 4.79 Å². The van der Waals surface area contributed by atoms with Crippen LogP contribution in [0.3, 0.4) is 0 Å². The lowest BCUT2D eigenvalue weighted by molar-refractivity contribution is -0.143. The van der Waals surface area contributed by atoms with E-state index >= 15 is 0 Å². The van der Waals surface area contributed by atoms with Crippen molar-refractivity contribution < 1.29 is 19.4 Å². The Morgan fingerprint density at radius 1 is 1.46 bits per heavy atom. The molecule has 1 aliphatic heterocycles. The fourth-order valence-electron chi connectivity index (χ4n) is 1.42. The highest BCUT2D eigenvalue weighted by atomic mass is 35.5. The maximum atomic E-state index is 10.6. The van der Waals surface area contributed by atoms with Gasteiger partial charge >= 0.3 is 5.97 Å². The van der Waals surface area contributed by atoms with Gasteiger partial charge in [0.15, 0.2) is 0 Å². The number of carbonyl (C=O) groups is 1. The number of methoxy groups -OCH3 is 2. The van der Waals surface area contributed by atoms with Crippen molar-refractivity contribution in [2.75, 3.05) is 20.8 Å². The quantitative estimate of drug-likeness (QED) is 0.659. The molecule has 0 radical (unpaired) electrons. The van der Waals surface area contributed by atoms with Crippen LogP contribution in [0.25, 0.3) is 0 Å². The highest BCUT2D eigenvalue weighted by Crippen LogP contribution is 2.14. The van der Waals surface area contributed by atoms with Crippen LogP contribution >= 0.6 is 12.4 Å². The third-order valence-corrected chi connectivity index (χ3v) is 2.07. The van der Waals surface area contributed by atoms with E-state index in [0.29, 0.717) is 6.54 Å². The van der Waals surface area contributed by atoms with Gasteiger partial charge < -0.3 is 14.6 Å². The zero-order valence-corrected chi connectivity index (χ0v) is 8.34. The van der Waals surface area contributed by atoms with Crippen molar-refractivity contribution in [3.63, 3.8) is 0 Å². The summed E-state index contributed by atoms with van der Waals surface area (Å²) in [7, 11) is 3.03. The van der Waals surface area contributed by atoms with E-state index in [1.807, 2.05) is 0 Å². The maximum absolute atomic E-state index is 10.6. The molecule has 0 unspecified atom stereocenters. The third-order valence-electron chi connectivity index (χ3n) is 2.07. The molecule has 1 heterocycles. The van der Waals surface area contributed by atoms with Gasteiger partial charge in [-0.25, -0.2) is 0 Å². The summed E-state index contributed by atoms with van der Waals surface area (Å²) in [5.41, 5.74) is 0. The number of ether oxygens (including phenoxy) is 2. The highest BCUT2D eigenvalue weighted by molar-refractivity contribution is 5.85. The van der Waals surface area contributed by atoms with Crippen LogP contribution < -0.4 is 5.32 Å². The number of hydrogen-bond acceptors (Lipinski definition) is 4. The molecule has 1 saturated heterocycles. The van der Waals surface area contributed by atoms with Crippen LogP contribution in [0.5, 0.6) is 0 Å². The molecule has 0 aromatic rings. The number of hydrogen-bond donors (Lipinski definition) is 2. The normalized spacial score (nSPS) is 32.6. The van der Waals surface area contributed by atoms with Crippen LogP contribution in [-0.2, 0) is 14.3 Å². The molecule has 5 nitrogen and oxygen atoms in total. The van der Waals surface area contributed by atoms with Crippen molar-refractivity contribution in [3.8, 4) is 0 Å². The molecule has 0 saturated carbocycles. The molecule has 0 amide bonds. The zero-order valence-electron chi connectivity index (χ0n) is 7.52. The van der Waals surface area contributed by atoms with Crippen molar-refractivity contribution in [2.45, 2.75) is 18.2 Å². The van der Waals surface area contributed by atoms with Crippen LogP contribution in [0.4, 0.5) is 0 Å². The van der Waals surface area contributed by atoms with E-state index < -0.39 is 18.1 Å². The van der Waals surface area contributed by atoms with Crippen molar-refractivity contribution in [1.29, 1.82) is 0 Å². The first-order chi connectivity index (χ1) is 5.70. The predicted octanol–water partition coefficient (Wildman–Crippen LogP) is -0.505. The van der Waals surface area contributed by atoms with Crippen LogP contribution in [-0.4, -0.2) is 50.1 Å². The lowest BCUT2D eigenvalue weighted by atomic mass is 10.1. The van der Waals surface area contributed by atoms with Gasteiger partial charge in [0.25, 0.3) is 0 Å². The molecular weight excluding hydrogens is 198 g/mol. The summed E-state index contributed by atoms with van der Waals surface area (Å²) in [6, 6.07) is -0.653. The topological polar surface area (TPSA) is 67.8 Å². The molecule has 0 aromatic heterocycles. The van der Waals surface area contributed by atoms with Crippen molar-refractivity contribution in [2.24, 2.45) is 0 Å². The van der Waals surface area contributed by atoms with Crippen LogP contribution in [0.15, 0.2) is 0 Å². The average molecular weight is 212 g/mol. The Hall–Kier alpha value is -0.360. The number of nitrogens with one attached hydrogen (secondary N) is 1. The smallest absolute Gasteiger partial charge is 0.323 e. The minimum absolute atomic E-state index is 0. The van der Waals surface area contributed by atoms with Crippen LogP contribution in [0.1, 0.15) is 0 Å². The monoisotopic (exact) mass is 211 g/mol. The molecule has 1 rings (SSSR count). The summed E-state index contributed by atoms with van der Waals surface area (Å²) in [6.45, 7) is 0.520. The first kappa shape index (κ1) is 12.6. The summed E-state index contributed by atoms with van der Waals surface area (Å²) in [5, 5.41) is 11.5. The molecule has 3 atom stereocenters. The van der Waals surface area contributed by atoms with Gasteiger partial charge in [0.2, 0.25) is 0 Å². The Morgan fingerprint density at radius 2 is 2.08 bits per heavy atom. The molecule has 0 aromatic carbocycles. The van der Waals surface area contributed by atoms with E-state index in [1.165, 1.54) is 7.11 Å². The number of halogens is 1. The lowest BCUT2D eigenvalue weighted by Gasteiger charge is -2.18. The Morgan fingerprint density at radius 3 is 2.46 bits per heavy atom. The van der Waals surface area contributed by atoms with Gasteiger partial charge in [-0.05, 0) is 0 Å². The molecule has 78 valence electrons. The summed E-state index contributed by atoms with van der Waals surface area (Å²) >= 11 is 0. The highest BCUT2D eigenvalue weighted by Gasteiger charge is 2.40. The van der Waals surface area contributed by atoms with Crippen molar-refractivity contribution in [3.05, 3.63) is 0 Å².